The molecule has 0 spiro atoms. The summed E-state index contributed by atoms with van der Waals surface area (Å²) in [6.07, 6.45) is 2.93. The van der Waals surface area contributed by atoms with Crippen LogP contribution >= 0.6 is 12.4 Å². The van der Waals surface area contributed by atoms with Gasteiger partial charge in [-0.1, -0.05) is 12.1 Å². The molecule has 6 nitrogen and oxygen atoms in total. The van der Waals surface area contributed by atoms with E-state index in [1.165, 1.54) is 6.26 Å². The standard InChI is InChI=1S/C18H21N3O3.ClH/c1-12(20-18(23)14-9-16(10-19)24-11-14)13-4-6-15(7-5-13)21-8-2-3-17(21)22;/h4-7,9,11-12H,2-3,8,10,19H2,1H3,(H,20,23);1H. The first kappa shape index (κ1) is 19.0. The van der Waals surface area contributed by atoms with Crippen LogP contribution in [-0.4, -0.2) is 18.4 Å². The minimum atomic E-state index is -0.204. The molecule has 1 saturated heterocycles. The Balaban J connectivity index is 0.00000225. The number of nitrogens with zero attached hydrogens (tertiary/aromatic N) is 1. The lowest BCUT2D eigenvalue weighted by atomic mass is 10.1. The lowest BCUT2D eigenvalue weighted by Gasteiger charge is -2.18. The minimum Gasteiger partial charge on any atom is -0.467 e. The van der Waals surface area contributed by atoms with E-state index in [4.69, 9.17) is 10.2 Å². The summed E-state index contributed by atoms with van der Waals surface area (Å²) in [5.74, 6) is 0.539. The summed E-state index contributed by atoms with van der Waals surface area (Å²) in [5, 5.41) is 2.93. The molecule has 25 heavy (non-hydrogen) atoms. The highest BCUT2D eigenvalue weighted by molar-refractivity contribution is 5.95. The van der Waals surface area contributed by atoms with Gasteiger partial charge in [-0.2, -0.15) is 0 Å². The van der Waals surface area contributed by atoms with Crippen LogP contribution in [0.3, 0.4) is 0 Å². The van der Waals surface area contributed by atoms with Gasteiger partial charge in [0.15, 0.2) is 0 Å². The zero-order valence-corrected chi connectivity index (χ0v) is 14.8. The maximum atomic E-state index is 12.2. The van der Waals surface area contributed by atoms with Gasteiger partial charge in [-0.15, -0.1) is 12.4 Å². The van der Waals surface area contributed by atoms with Crippen molar-refractivity contribution >= 4 is 29.9 Å². The van der Waals surface area contributed by atoms with Crippen LogP contribution in [0.25, 0.3) is 0 Å². The number of carbonyl (C=O) groups excluding carboxylic acids is 2. The fourth-order valence-corrected chi connectivity index (χ4v) is 2.83. The molecule has 1 atom stereocenters. The van der Waals surface area contributed by atoms with Crippen molar-refractivity contribution in [1.82, 2.24) is 5.32 Å². The molecule has 7 heteroatoms. The summed E-state index contributed by atoms with van der Waals surface area (Å²) in [6, 6.07) is 9.21. The van der Waals surface area contributed by atoms with Crippen molar-refractivity contribution < 1.29 is 14.0 Å². The molecule has 1 aromatic heterocycles. The Hall–Kier alpha value is -2.31. The van der Waals surface area contributed by atoms with Gasteiger partial charge in [0, 0.05) is 18.7 Å². The van der Waals surface area contributed by atoms with E-state index in [0.29, 0.717) is 17.7 Å². The number of nitrogens with two attached hydrogens (primary N) is 1. The first-order chi connectivity index (χ1) is 11.6. The largest absolute Gasteiger partial charge is 0.467 e. The van der Waals surface area contributed by atoms with Crippen LogP contribution in [0.5, 0.6) is 0 Å². The molecule has 2 aromatic rings. The summed E-state index contributed by atoms with van der Waals surface area (Å²) >= 11 is 0. The molecule has 0 saturated carbocycles. The molecule has 3 N–H and O–H groups in total. The van der Waals surface area contributed by atoms with Crippen LogP contribution in [0.2, 0.25) is 0 Å². The second-order valence-corrected chi connectivity index (χ2v) is 5.94. The van der Waals surface area contributed by atoms with Crippen LogP contribution in [0.4, 0.5) is 5.69 Å². The van der Waals surface area contributed by atoms with E-state index in [2.05, 4.69) is 5.32 Å². The van der Waals surface area contributed by atoms with Crippen molar-refractivity contribution in [3.05, 3.63) is 53.5 Å². The number of anilines is 1. The third-order valence-electron chi connectivity index (χ3n) is 4.24. The van der Waals surface area contributed by atoms with E-state index >= 15 is 0 Å². The molecule has 1 unspecified atom stereocenters. The molecule has 1 aliphatic heterocycles. The number of carbonyl (C=O) groups is 2. The fourth-order valence-electron chi connectivity index (χ4n) is 2.83. The number of amides is 2. The van der Waals surface area contributed by atoms with Crippen LogP contribution < -0.4 is 16.0 Å². The fraction of sp³-hybridized carbons (Fsp3) is 0.333. The highest BCUT2D eigenvalue weighted by Crippen LogP contribution is 2.23. The van der Waals surface area contributed by atoms with E-state index in [1.54, 1.807) is 11.0 Å². The molecule has 1 fully saturated rings. The Morgan fingerprint density at radius 2 is 2.08 bits per heavy atom. The predicted molar refractivity (Wildman–Crippen MR) is 97.8 cm³/mol. The number of rotatable bonds is 5. The highest BCUT2D eigenvalue weighted by Gasteiger charge is 2.21. The van der Waals surface area contributed by atoms with E-state index in [1.807, 2.05) is 31.2 Å². The lowest BCUT2D eigenvalue weighted by molar-refractivity contribution is -0.117. The van der Waals surface area contributed by atoms with Crippen LogP contribution in [0.1, 0.15) is 47.5 Å². The van der Waals surface area contributed by atoms with Gasteiger partial charge in [-0.05, 0) is 37.1 Å². The van der Waals surface area contributed by atoms with Gasteiger partial charge in [-0.3, -0.25) is 9.59 Å². The van der Waals surface area contributed by atoms with Crippen molar-refractivity contribution in [1.29, 1.82) is 0 Å². The molecular weight excluding hydrogens is 342 g/mol. The lowest BCUT2D eigenvalue weighted by Crippen LogP contribution is -2.26. The SMILES string of the molecule is CC(NC(=O)c1coc(CN)c1)c1ccc(N2CCCC2=O)cc1.Cl. The number of halogens is 1. The van der Waals surface area contributed by atoms with Crippen molar-refractivity contribution in [3.63, 3.8) is 0 Å². The summed E-state index contributed by atoms with van der Waals surface area (Å²) in [4.78, 5) is 25.8. The van der Waals surface area contributed by atoms with E-state index in [9.17, 15) is 9.59 Å². The zero-order valence-electron chi connectivity index (χ0n) is 14.0. The third-order valence-corrected chi connectivity index (χ3v) is 4.24. The predicted octanol–water partition coefficient (Wildman–Crippen LogP) is 2.78. The molecule has 1 aliphatic rings. The van der Waals surface area contributed by atoms with Gasteiger partial charge in [-0.25, -0.2) is 0 Å². The molecule has 3 rings (SSSR count). The molecule has 2 amide bonds. The van der Waals surface area contributed by atoms with Crippen molar-refractivity contribution in [2.75, 3.05) is 11.4 Å². The Labute approximate surface area is 152 Å². The van der Waals surface area contributed by atoms with Gasteiger partial charge in [0.05, 0.1) is 18.2 Å². The molecule has 2 heterocycles. The topological polar surface area (TPSA) is 88.6 Å². The summed E-state index contributed by atoms with van der Waals surface area (Å²) < 4.78 is 5.18. The minimum absolute atomic E-state index is 0. The van der Waals surface area contributed by atoms with Crippen LogP contribution in [0, 0.1) is 0 Å². The van der Waals surface area contributed by atoms with E-state index in [0.717, 1.165) is 24.2 Å². The Morgan fingerprint density at radius 1 is 1.36 bits per heavy atom. The van der Waals surface area contributed by atoms with Crippen LogP contribution in [0.15, 0.2) is 41.0 Å². The maximum Gasteiger partial charge on any atom is 0.255 e. The second kappa shape index (κ2) is 8.18. The third kappa shape index (κ3) is 4.21. The van der Waals surface area contributed by atoms with E-state index in [-0.39, 0.29) is 36.8 Å². The number of hydrogen-bond acceptors (Lipinski definition) is 4. The van der Waals surface area contributed by atoms with Gasteiger partial charge < -0.3 is 20.4 Å². The smallest absolute Gasteiger partial charge is 0.255 e. The summed E-state index contributed by atoms with van der Waals surface area (Å²) in [5.41, 5.74) is 7.82. The molecule has 0 radical (unpaired) electrons. The number of furan rings is 1. The molecule has 0 aliphatic carbocycles. The molecule has 0 bridgehead atoms. The Kier molecular flexibility index (Phi) is 6.22. The number of benzene rings is 1. The molecule has 1 aromatic carbocycles. The summed E-state index contributed by atoms with van der Waals surface area (Å²) in [7, 11) is 0. The van der Waals surface area contributed by atoms with Crippen molar-refractivity contribution in [2.24, 2.45) is 5.73 Å². The number of nitrogens with one attached hydrogen (secondary N) is 1. The number of hydrogen-bond donors (Lipinski definition) is 2. The average Bonchev–Trinajstić information content (AvgIpc) is 3.23. The van der Waals surface area contributed by atoms with Gasteiger partial charge in [0.2, 0.25) is 5.91 Å². The van der Waals surface area contributed by atoms with E-state index < -0.39 is 0 Å². The molecule has 134 valence electrons. The monoisotopic (exact) mass is 363 g/mol. The Morgan fingerprint density at radius 3 is 2.64 bits per heavy atom. The van der Waals surface area contributed by atoms with Gasteiger partial charge in [0.1, 0.15) is 12.0 Å². The normalized spacial score (nSPS) is 15.0. The Bertz CT molecular complexity index is 742. The zero-order chi connectivity index (χ0) is 17.1. The quantitative estimate of drug-likeness (QED) is 0.854. The van der Waals surface area contributed by atoms with Gasteiger partial charge >= 0.3 is 0 Å². The summed E-state index contributed by atoms with van der Waals surface area (Å²) in [6.45, 7) is 2.95. The van der Waals surface area contributed by atoms with Gasteiger partial charge in [0.25, 0.3) is 5.91 Å². The maximum absolute atomic E-state index is 12.2. The first-order valence-corrected chi connectivity index (χ1v) is 8.07. The average molecular weight is 364 g/mol. The van der Waals surface area contributed by atoms with Crippen molar-refractivity contribution in [3.8, 4) is 0 Å². The second-order valence-electron chi connectivity index (χ2n) is 5.94. The molecular formula is C18H22ClN3O3. The first-order valence-electron chi connectivity index (χ1n) is 8.07. The van der Waals surface area contributed by atoms with Crippen molar-refractivity contribution in [2.45, 2.75) is 32.4 Å². The van der Waals surface area contributed by atoms with Crippen LogP contribution in [-0.2, 0) is 11.3 Å². The highest BCUT2D eigenvalue weighted by atomic mass is 35.5.